The second kappa shape index (κ2) is 5.03. The Kier molecular flexibility index (Phi) is 4.63. The molecular formula is C8H14O2. The van der Waals surface area contributed by atoms with Crippen molar-refractivity contribution in [2.75, 3.05) is 6.61 Å². The van der Waals surface area contributed by atoms with E-state index in [-0.39, 0.29) is 5.97 Å². The van der Waals surface area contributed by atoms with E-state index in [0.717, 1.165) is 5.57 Å². The Bertz CT molecular complexity index is 136. The number of carbonyl (C=O) groups excluding carboxylic acids is 1. The van der Waals surface area contributed by atoms with Crippen LogP contribution in [0, 0.1) is 0 Å². The minimum Gasteiger partial charge on any atom is -0.461 e. The zero-order valence-electron chi connectivity index (χ0n) is 6.81. The van der Waals surface area contributed by atoms with Gasteiger partial charge in [0, 0.05) is 6.42 Å². The molecule has 0 amide bonds. The first-order valence-electron chi connectivity index (χ1n) is 3.48. The van der Waals surface area contributed by atoms with Gasteiger partial charge in [0.05, 0.1) is 0 Å². The predicted octanol–water partition coefficient (Wildman–Crippen LogP) is 1.91. The third kappa shape index (κ3) is 4.13. The van der Waals surface area contributed by atoms with E-state index >= 15 is 0 Å². The van der Waals surface area contributed by atoms with Crippen molar-refractivity contribution >= 4 is 5.97 Å². The van der Waals surface area contributed by atoms with Crippen LogP contribution >= 0.6 is 0 Å². The van der Waals surface area contributed by atoms with E-state index in [1.165, 1.54) is 0 Å². The molecule has 0 N–H and O–H groups in total. The predicted molar refractivity (Wildman–Crippen MR) is 40.7 cm³/mol. The number of rotatable bonds is 3. The minimum absolute atomic E-state index is 0.138. The molecule has 0 saturated heterocycles. The Morgan fingerprint density at radius 1 is 1.60 bits per heavy atom. The Labute approximate surface area is 61.9 Å². The second-order valence-electron chi connectivity index (χ2n) is 2.15. The molecular weight excluding hydrogens is 128 g/mol. The average Bonchev–Trinajstić information content (AvgIpc) is 1.99. The van der Waals surface area contributed by atoms with Crippen LogP contribution in [0.5, 0.6) is 0 Å². The van der Waals surface area contributed by atoms with E-state index in [1.54, 1.807) is 6.92 Å². The molecule has 0 heterocycles. The van der Waals surface area contributed by atoms with Crippen molar-refractivity contribution in [2.45, 2.75) is 27.2 Å². The first-order chi connectivity index (χ1) is 4.70. The maximum absolute atomic E-state index is 10.6. The van der Waals surface area contributed by atoms with Crippen LogP contribution in [-0.2, 0) is 9.53 Å². The van der Waals surface area contributed by atoms with Crippen LogP contribution in [0.1, 0.15) is 27.2 Å². The summed E-state index contributed by atoms with van der Waals surface area (Å²) in [6.45, 7) is 6.08. The molecule has 0 atom stereocenters. The molecule has 0 aromatic heterocycles. The molecule has 0 aromatic rings. The number of hydrogen-bond acceptors (Lipinski definition) is 2. The molecule has 0 aromatic carbocycles. The van der Waals surface area contributed by atoms with E-state index in [2.05, 4.69) is 0 Å². The van der Waals surface area contributed by atoms with Gasteiger partial charge >= 0.3 is 5.97 Å². The first-order valence-corrected chi connectivity index (χ1v) is 3.48. The first kappa shape index (κ1) is 9.21. The summed E-state index contributed by atoms with van der Waals surface area (Å²) in [5, 5.41) is 0. The van der Waals surface area contributed by atoms with E-state index in [9.17, 15) is 4.79 Å². The lowest BCUT2D eigenvalue weighted by atomic mass is 10.3. The van der Waals surface area contributed by atoms with E-state index in [0.29, 0.717) is 13.0 Å². The second-order valence-corrected chi connectivity index (χ2v) is 2.15. The summed E-state index contributed by atoms with van der Waals surface area (Å²) in [7, 11) is 0. The molecule has 0 spiro atoms. The Hall–Kier alpha value is -0.790. The van der Waals surface area contributed by atoms with Crippen molar-refractivity contribution in [3.63, 3.8) is 0 Å². The number of esters is 1. The molecule has 10 heavy (non-hydrogen) atoms. The summed E-state index contributed by atoms with van der Waals surface area (Å²) in [5.41, 5.74) is 1.08. The molecule has 2 nitrogen and oxygen atoms in total. The van der Waals surface area contributed by atoms with Crippen LogP contribution in [-0.4, -0.2) is 12.6 Å². The normalized spacial score (nSPS) is 11.3. The zero-order valence-corrected chi connectivity index (χ0v) is 6.81. The summed E-state index contributed by atoms with van der Waals surface area (Å²) in [4.78, 5) is 10.6. The van der Waals surface area contributed by atoms with Gasteiger partial charge in [-0.3, -0.25) is 4.79 Å². The van der Waals surface area contributed by atoms with E-state index in [1.807, 2.05) is 19.9 Å². The van der Waals surface area contributed by atoms with E-state index < -0.39 is 0 Å². The highest BCUT2D eigenvalue weighted by Gasteiger charge is 1.96. The van der Waals surface area contributed by atoms with Crippen molar-refractivity contribution in [3.8, 4) is 0 Å². The van der Waals surface area contributed by atoms with Crippen LogP contribution < -0.4 is 0 Å². The molecule has 0 radical (unpaired) electrons. The van der Waals surface area contributed by atoms with Crippen LogP contribution in [0.2, 0.25) is 0 Å². The van der Waals surface area contributed by atoms with Crippen LogP contribution in [0.3, 0.4) is 0 Å². The van der Waals surface area contributed by atoms with Gasteiger partial charge < -0.3 is 4.74 Å². The molecule has 0 aliphatic rings. The Morgan fingerprint density at radius 3 is 2.60 bits per heavy atom. The van der Waals surface area contributed by atoms with Crippen LogP contribution in [0.25, 0.3) is 0 Å². The van der Waals surface area contributed by atoms with Crippen molar-refractivity contribution in [2.24, 2.45) is 0 Å². The molecule has 58 valence electrons. The molecule has 0 unspecified atom stereocenters. The number of allylic oxidation sites excluding steroid dienone is 1. The molecule has 0 bridgehead atoms. The fourth-order valence-corrected chi connectivity index (χ4v) is 0.380. The zero-order chi connectivity index (χ0) is 7.98. The number of ether oxygens (including phenoxy) is 1. The number of carbonyl (C=O) groups is 1. The fraction of sp³-hybridized carbons (Fsp3) is 0.625. The van der Waals surface area contributed by atoms with Gasteiger partial charge in [0.15, 0.2) is 0 Å². The van der Waals surface area contributed by atoms with Gasteiger partial charge in [0.2, 0.25) is 0 Å². The third-order valence-electron chi connectivity index (χ3n) is 1.24. The molecule has 0 rings (SSSR count). The van der Waals surface area contributed by atoms with Gasteiger partial charge in [-0.05, 0) is 19.4 Å². The average molecular weight is 142 g/mol. The molecule has 0 saturated carbocycles. The third-order valence-corrected chi connectivity index (χ3v) is 1.24. The highest BCUT2D eigenvalue weighted by Crippen LogP contribution is 1.93. The van der Waals surface area contributed by atoms with Crippen molar-refractivity contribution in [3.05, 3.63) is 11.6 Å². The summed E-state index contributed by atoms with van der Waals surface area (Å²) >= 11 is 0. The van der Waals surface area contributed by atoms with Gasteiger partial charge in [0.25, 0.3) is 0 Å². The fourth-order valence-electron chi connectivity index (χ4n) is 0.380. The topological polar surface area (TPSA) is 26.3 Å². The van der Waals surface area contributed by atoms with Crippen molar-refractivity contribution < 1.29 is 9.53 Å². The Morgan fingerprint density at radius 2 is 2.20 bits per heavy atom. The van der Waals surface area contributed by atoms with Gasteiger partial charge in [-0.1, -0.05) is 13.0 Å². The van der Waals surface area contributed by atoms with E-state index in [4.69, 9.17) is 4.74 Å². The highest BCUT2D eigenvalue weighted by atomic mass is 16.5. The monoisotopic (exact) mass is 142 g/mol. The van der Waals surface area contributed by atoms with Crippen molar-refractivity contribution in [1.82, 2.24) is 0 Å². The maximum atomic E-state index is 10.6. The van der Waals surface area contributed by atoms with Gasteiger partial charge in [-0.2, -0.15) is 0 Å². The van der Waals surface area contributed by atoms with Crippen molar-refractivity contribution in [1.29, 1.82) is 0 Å². The lowest BCUT2D eigenvalue weighted by molar-refractivity contribution is -0.142. The highest BCUT2D eigenvalue weighted by molar-refractivity contribution is 5.69. The lowest BCUT2D eigenvalue weighted by Crippen LogP contribution is -2.04. The standard InChI is InChI=1S/C8H14O2/c1-4-7(3)6-10-8(9)5-2/h4H,5-6H2,1-3H3. The lowest BCUT2D eigenvalue weighted by Gasteiger charge is -2.01. The van der Waals surface area contributed by atoms with Crippen LogP contribution in [0.15, 0.2) is 11.6 Å². The molecule has 0 aliphatic heterocycles. The number of hydrogen-bond donors (Lipinski definition) is 0. The smallest absolute Gasteiger partial charge is 0.305 e. The van der Waals surface area contributed by atoms with Gasteiger partial charge in [-0.25, -0.2) is 0 Å². The summed E-state index contributed by atoms with van der Waals surface area (Å²) in [6.07, 6.45) is 2.39. The quantitative estimate of drug-likeness (QED) is 0.444. The Balaban J connectivity index is 3.45. The van der Waals surface area contributed by atoms with Crippen LogP contribution in [0.4, 0.5) is 0 Å². The summed E-state index contributed by atoms with van der Waals surface area (Å²) in [5.74, 6) is -0.138. The molecule has 0 fully saturated rings. The molecule has 0 aliphatic carbocycles. The molecule has 2 heteroatoms. The SMILES string of the molecule is CC=C(C)COC(=O)CC. The largest absolute Gasteiger partial charge is 0.461 e. The van der Waals surface area contributed by atoms with Gasteiger partial charge in [-0.15, -0.1) is 0 Å². The summed E-state index contributed by atoms with van der Waals surface area (Å²) < 4.78 is 4.84. The minimum atomic E-state index is -0.138. The van der Waals surface area contributed by atoms with Gasteiger partial charge in [0.1, 0.15) is 6.61 Å². The maximum Gasteiger partial charge on any atom is 0.305 e. The summed E-state index contributed by atoms with van der Waals surface area (Å²) in [6, 6.07) is 0.